The minimum absolute atomic E-state index is 0.0513. The number of rotatable bonds is 5. The molecule has 0 aliphatic rings. The summed E-state index contributed by atoms with van der Waals surface area (Å²) in [5.41, 5.74) is 1.77. The van der Waals surface area contributed by atoms with Gasteiger partial charge in [-0.05, 0) is 36.2 Å². The Morgan fingerprint density at radius 2 is 1.81 bits per heavy atom. The van der Waals surface area contributed by atoms with Crippen LogP contribution >= 0.6 is 11.3 Å². The monoisotopic (exact) mass is 477 g/mol. The highest BCUT2D eigenvalue weighted by Gasteiger charge is 2.21. The third kappa shape index (κ3) is 5.25. The van der Waals surface area contributed by atoms with Crippen LogP contribution < -0.4 is 4.90 Å². The van der Waals surface area contributed by atoms with Crippen molar-refractivity contribution in [2.45, 2.75) is 24.5 Å². The Labute approximate surface area is 189 Å². The largest absolute Gasteiger partial charge is 0.291 e. The van der Waals surface area contributed by atoms with Crippen LogP contribution in [0.4, 0.5) is 13.9 Å². The minimum atomic E-state index is -2.94. The zero-order chi connectivity index (χ0) is 23.6. The molecule has 0 bridgehead atoms. The van der Waals surface area contributed by atoms with Crippen molar-refractivity contribution in [2.24, 2.45) is 4.36 Å². The number of carbonyl (C=O) groups is 2. The maximum Gasteiger partial charge on any atom is 0.250 e. The smallest absolute Gasteiger partial charge is 0.250 e. The summed E-state index contributed by atoms with van der Waals surface area (Å²) < 4.78 is 44.2. The van der Waals surface area contributed by atoms with Gasteiger partial charge in [-0.2, -0.15) is 4.36 Å². The van der Waals surface area contributed by atoms with Gasteiger partial charge >= 0.3 is 0 Å². The number of thiazole rings is 1. The fraction of sp³-hybridized carbons (Fsp3) is 0.227. The van der Waals surface area contributed by atoms with Crippen molar-refractivity contribution in [3.8, 4) is 11.1 Å². The molecule has 0 saturated carbocycles. The Morgan fingerprint density at radius 3 is 2.44 bits per heavy atom. The number of likely N-dealkylation sites (N-methyl/N-ethyl adjacent to an activating group) is 1. The molecule has 0 aliphatic carbocycles. The van der Waals surface area contributed by atoms with Crippen molar-refractivity contribution in [3.05, 3.63) is 65.4 Å². The van der Waals surface area contributed by atoms with Crippen molar-refractivity contribution in [2.75, 3.05) is 18.2 Å². The van der Waals surface area contributed by atoms with Gasteiger partial charge < -0.3 is 0 Å². The molecular formula is C22H21F2N3O3S2. The van der Waals surface area contributed by atoms with Crippen LogP contribution in [0.2, 0.25) is 0 Å². The highest BCUT2D eigenvalue weighted by molar-refractivity contribution is 7.95. The van der Waals surface area contributed by atoms with Crippen LogP contribution in [0.25, 0.3) is 11.1 Å². The lowest BCUT2D eigenvalue weighted by Crippen LogP contribution is -2.27. The van der Waals surface area contributed by atoms with Crippen LogP contribution in [0, 0.1) is 18.6 Å². The Hall–Kier alpha value is -2.98. The predicted molar refractivity (Wildman–Crippen MR) is 121 cm³/mol. The van der Waals surface area contributed by atoms with Crippen LogP contribution in [0.1, 0.15) is 18.2 Å². The van der Waals surface area contributed by atoms with Gasteiger partial charge in [-0.1, -0.05) is 35.6 Å². The fourth-order valence-corrected chi connectivity index (χ4v) is 5.97. The zero-order valence-electron chi connectivity index (χ0n) is 17.9. The van der Waals surface area contributed by atoms with Gasteiger partial charge in [0, 0.05) is 25.8 Å². The second-order valence-corrected chi connectivity index (χ2v) is 10.7. The lowest BCUT2D eigenvalue weighted by Gasteiger charge is -2.14. The molecule has 0 N–H and O–H groups in total. The van der Waals surface area contributed by atoms with E-state index in [4.69, 9.17) is 0 Å². The highest BCUT2D eigenvalue weighted by Crippen LogP contribution is 2.31. The molecule has 1 atom stereocenters. The van der Waals surface area contributed by atoms with E-state index in [2.05, 4.69) is 9.35 Å². The first-order chi connectivity index (χ1) is 15.0. The molecule has 6 nitrogen and oxygen atoms in total. The normalized spacial score (nSPS) is 12.8. The van der Waals surface area contributed by atoms with E-state index in [1.54, 1.807) is 38.2 Å². The van der Waals surface area contributed by atoms with Crippen LogP contribution in [-0.2, 0) is 25.7 Å². The molecular weight excluding hydrogens is 456 g/mol. The van der Waals surface area contributed by atoms with Crippen LogP contribution in [0.15, 0.2) is 51.0 Å². The van der Waals surface area contributed by atoms with E-state index in [9.17, 15) is 22.6 Å². The van der Waals surface area contributed by atoms with Gasteiger partial charge in [0.05, 0.1) is 21.8 Å². The number of hydrogen-bond acceptors (Lipinski definition) is 5. The number of aryl methyl sites for hydroxylation is 1. The molecule has 3 rings (SSSR count). The molecule has 2 aromatic carbocycles. The Kier molecular flexibility index (Phi) is 6.85. The number of halogens is 2. The van der Waals surface area contributed by atoms with Gasteiger partial charge in [0.1, 0.15) is 15.8 Å². The standard InChI is InChI=1S/C22H21F2N3O3S2/c1-13-21(32(4,30)26-14(2)28)31-22(25-13)27(3)20(29)11-15-5-7-16(8-6-15)18-12-17(23)9-10-19(18)24/h5-10,12H,11H2,1-4H3/t32-/m1/s1. The van der Waals surface area contributed by atoms with E-state index < -0.39 is 27.3 Å². The molecule has 3 aromatic rings. The molecule has 1 aromatic heterocycles. The van der Waals surface area contributed by atoms with Gasteiger partial charge in [-0.3, -0.25) is 14.5 Å². The Bertz CT molecular complexity index is 1310. The number of benzene rings is 2. The lowest BCUT2D eigenvalue weighted by molar-refractivity contribution is -0.118. The zero-order valence-corrected chi connectivity index (χ0v) is 19.5. The van der Waals surface area contributed by atoms with Gasteiger partial charge in [0.25, 0.3) is 5.91 Å². The number of anilines is 1. The van der Waals surface area contributed by atoms with E-state index in [1.807, 2.05) is 0 Å². The summed E-state index contributed by atoms with van der Waals surface area (Å²) in [6, 6.07) is 9.85. The molecule has 0 saturated heterocycles. The molecule has 0 aliphatic heterocycles. The summed E-state index contributed by atoms with van der Waals surface area (Å²) in [5, 5.41) is 0.342. The Morgan fingerprint density at radius 1 is 1.16 bits per heavy atom. The number of aromatic nitrogens is 1. The van der Waals surface area contributed by atoms with E-state index >= 15 is 0 Å². The van der Waals surface area contributed by atoms with E-state index in [1.165, 1.54) is 18.1 Å². The highest BCUT2D eigenvalue weighted by atomic mass is 32.2. The average Bonchev–Trinajstić information content (AvgIpc) is 3.11. The summed E-state index contributed by atoms with van der Waals surface area (Å²) >= 11 is 1.05. The number of carbonyl (C=O) groups excluding carboxylic acids is 2. The molecule has 10 heteroatoms. The lowest BCUT2D eigenvalue weighted by atomic mass is 10.0. The third-order valence-corrected chi connectivity index (χ3v) is 8.39. The molecule has 168 valence electrons. The Balaban J connectivity index is 1.78. The summed E-state index contributed by atoms with van der Waals surface area (Å²) in [6.07, 6.45) is 1.42. The first-order valence-electron chi connectivity index (χ1n) is 9.49. The minimum Gasteiger partial charge on any atom is -0.291 e. The van der Waals surface area contributed by atoms with E-state index in [0.717, 1.165) is 29.5 Å². The first kappa shape index (κ1) is 23.7. The maximum atomic E-state index is 14.0. The molecule has 0 unspecified atom stereocenters. The average molecular weight is 478 g/mol. The maximum absolute atomic E-state index is 14.0. The van der Waals surface area contributed by atoms with E-state index in [0.29, 0.717) is 26.2 Å². The van der Waals surface area contributed by atoms with Gasteiger partial charge in [0.2, 0.25) is 5.91 Å². The van der Waals surface area contributed by atoms with Crippen LogP contribution in [0.5, 0.6) is 0 Å². The molecule has 2 amide bonds. The fourth-order valence-electron chi connectivity index (χ4n) is 3.07. The van der Waals surface area contributed by atoms with Gasteiger partial charge in [0.15, 0.2) is 5.13 Å². The number of nitrogens with zero attached hydrogens (tertiary/aromatic N) is 3. The SMILES string of the molecule is CC(=O)N=[S@](C)(=O)c1sc(N(C)C(=O)Cc2ccc(-c3cc(F)ccc3F)cc2)nc1C. The summed E-state index contributed by atoms with van der Waals surface area (Å²) in [7, 11) is -1.38. The van der Waals surface area contributed by atoms with Gasteiger partial charge in [-0.15, -0.1) is 0 Å². The first-order valence-corrected chi connectivity index (χ1v) is 12.2. The molecule has 1 heterocycles. The van der Waals surface area contributed by atoms with Gasteiger partial charge in [-0.25, -0.2) is 18.0 Å². The molecule has 0 spiro atoms. The van der Waals surface area contributed by atoms with Crippen molar-refractivity contribution >= 4 is 38.0 Å². The number of hydrogen-bond donors (Lipinski definition) is 0. The quantitative estimate of drug-likeness (QED) is 0.538. The van der Waals surface area contributed by atoms with Crippen molar-refractivity contribution in [1.82, 2.24) is 4.98 Å². The van der Waals surface area contributed by atoms with Crippen LogP contribution in [-0.4, -0.2) is 34.3 Å². The third-order valence-electron chi connectivity index (χ3n) is 4.60. The predicted octanol–water partition coefficient (Wildman–Crippen LogP) is 4.61. The number of amides is 2. The van der Waals surface area contributed by atoms with Crippen molar-refractivity contribution < 1.29 is 22.6 Å². The topological polar surface area (TPSA) is 79.7 Å². The van der Waals surface area contributed by atoms with Crippen molar-refractivity contribution in [1.29, 1.82) is 0 Å². The van der Waals surface area contributed by atoms with Crippen molar-refractivity contribution in [3.63, 3.8) is 0 Å². The summed E-state index contributed by atoms with van der Waals surface area (Å²) in [6.45, 7) is 2.88. The second-order valence-electron chi connectivity index (χ2n) is 7.23. The second kappa shape index (κ2) is 9.25. The summed E-state index contributed by atoms with van der Waals surface area (Å²) in [4.78, 5) is 29.7. The van der Waals surface area contributed by atoms with Crippen LogP contribution in [0.3, 0.4) is 0 Å². The molecule has 32 heavy (non-hydrogen) atoms. The molecule has 0 radical (unpaired) electrons. The summed E-state index contributed by atoms with van der Waals surface area (Å²) in [5.74, 6) is -1.87. The molecule has 0 fully saturated rings. The van der Waals surface area contributed by atoms with E-state index in [-0.39, 0.29) is 17.9 Å².